The SMILES string of the molecule is O=C(N/N=C\c1c(OCc2ccc(F)cc2)ccc2ccccc12)c1ccncc1. The maximum atomic E-state index is 13.1. The van der Waals surface area contributed by atoms with Gasteiger partial charge in [0.25, 0.3) is 5.91 Å². The number of amides is 1. The van der Waals surface area contributed by atoms with E-state index in [9.17, 15) is 9.18 Å². The fraction of sp³-hybridized carbons (Fsp3) is 0.0417. The number of nitrogens with one attached hydrogen (secondary N) is 1. The highest BCUT2D eigenvalue weighted by Gasteiger charge is 2.09. The smallest absolute Gasteiger partial charge is 0.271 e. The van der Waals surface area contributed by atoms with Gasteiger partial charge < -0.3 is 4.74 Å². The summed E-state index contributed by atoms with van der Waals surface area (Å²) >= 11 is 0. The molecule has 1 N–H and O–H groups in total. The summed E-state index contributed by atoms with van der Waals surface area (Å²) in [6.45, 7) is 0.281. The molecule has 4 rings (SSSR count). The lowest BCUT2D eigenvalue weighted by Gasteiger charge is -2.12. The van der Waals surface area contributed by atoms with Crippen LogP contribution in [-0.2, 0) is 6.61 Å². The number of pyridine rings is 1. The molecule has 0 radical (unpaired) electrons. The van der Waals surface area contributed by atoms with Crippen LogP contribution in [0.4, 0.5) is 4.39 Å². The summed E-state index contributed by atoms with van der Waals surface area (Å²) in [5, 5.41) is 6.08. The molecule has 0 aliphatic carbocycles. The van der Waals surface area contributed by atoms with Crippen molar-refractivity contribution in [2.24, 2.45) is 5.10 Å². The number of hydrazone groups is 1. The number of benzene rings is 3. The Labute approximate surface area is 172 Å². The van der Waals surface area contributed by atoms with Gasteiger partial charge >= 0.3 is 0 Å². The molecule has 5 nitrogen and oxygen atoms in total. The predicted molar refractivity (Wildman–Crippen MR) is 114 cm³/mol. The Morgan fingerprint density at radius 2 is 1.77 bits per heavy atom. The van der Waals surface area contributed by atoms with Crippen LogP contribution in [0.5, 0.6) is 5.75 Å². The number of hydrogen-bond acceptors (Lipinski definition) is 4. The van der Waals surface area contributed by atoms with Gasteiger partial charge in [-0.2, -0.15) is 5.10 Å². The number of aromatic nitrogens is 1. The van der Waals surface area contributed by atoms with E-state index in [0.717, 1.165) is 21.9 Å². The second-order valence-electron chi connectivity index (χ2n) is 6.55. The van der Waals surface area contributed by atoms with Crippen molar-refractivity contribution in [2.75, 3.05) is 0 Å². The number of ether oxygens (including phenoxy) is 1. The Bertz CT molecular complexity index is 1190. The topological polar surface area (TPSA) is 63.6 Å². The first kappa shape index (κ1) is 19.3. The van der Waals surface area contributed by atoms with Gasteiger partial charge in [-0.3, -0.25) is 9.78 Å². The van der Waals surface area contributed by atoms with E-state index in [0.29, 0.717) is 11.3 Å². The first-order valence-corrected chi connectivity index (χ1v) is 9.33. The molecule has 4 aromatic rings. The highest BCUT2D eigenvalue weighted by Crippen LogP contribution is 2.27. The molecule has 6 heteroatoms. The largest absolute Gasteiger partial charge is 0.488 e. The van der Waals surface area contributed by atoms with Crippen LogP contribution in [0.25, 0.3) is 10.8 Å². The fourth-order valence-corrected chi connectivity index (χ4v) is 3.00. The Morgan fingerprint density at radius 1 is 1.00 bits per heavy atom. The molecule has 30 heavy (non-hydrogen) atoms. The second kappa shape index (κ2) is 8.96. The third kappa shape index (κ3) is 4.50. The van der Waals surface area contributed by atoms with Crippen molar-refractivity contribution in [3.05, 3.63) is 108 Å². The molecular weight excluding hydrogens is 381 g/mol. The van der Waals surface area contributed by atoms with Crippen molar-refractivity contribution in [1.29, 1.82) is 0 Å². The normalized spacial score (nSPS) is 11.0. The van der Waals surface area contributed by atoms with Crippen LogP contribution in [0.1, 0.15) is 21.5 Å². The van der Waals surface area contributed by atoms with Gasteiger partial charge in [-0.05, 0) is 46.7 Å². The maximum Gasteiger partial charge on any atom is 0.271 e. The number of fused-ring (bicyclic) bond motifs is 1. The van der Waals surface area contributed by atoms with Gasteiger partial charge in [0.15, 0.2) is 0 Å². The molecule has 1 aromatic heterocycles. The zero-order chi connectivity index (χ0) is 20.8. The Kier molecular flexibility index (Phi) is 5.75. The summed E-state index contributed by atoms with van der Waals surface area (Å²) in [6.07, 6.45) is 4.66. The van der Waals surface area contributed by atoms with Crippen LogP contribution >= 0.6 is 0 Å². The number of carbonyl (C=O) groups is 1. The van der Waals surface area contributed by atoms with Gasteiger partial charge in [-0.15, -0.1) is 0 Å². The van der Waals surface area contributed by atoms with Crippen molar-refractivity contribution in [2.45, 2.75) is 6.61 Å². The Balaban J connectivity index is 1.58. The van der Waals surface area contributed by atoms with Gasteiger partial charge in [0.1, 0.15) is 18.2 Å². The lowest BCUT2D eigenvalue weighted by Crippen LogP contribution is -2.17. The standard InChI is InChI=1S/C24H18FN3O2/c25-20-8-5-17(6-9-20)16-30-23-10-7-18-3-1-2-4-21(18)22(23)15-27-28-24(29)19-11-13-26-14-12-19/h1-15H,16H2,(H,28,29)/b27-15-. The average molecular weight is 399 g/mol. The molecule has 1 amide bonds. The minimum Gasteiger partial charge on any atom is -0.488 e. The summed E-state index contributed by atoms with van der Waals surface area (Å²) in [4.78, 5) is 16.1. The number of carbonyl (C=O) groups excluding carboxylic acids is 1. The summed E-state index contributed by atoms with van der Waals surface area (Å²) in [7, 11) is 0. The van der Waals surface area contributed by atoms with Crippen molar-refractivity contribution in [3.63, 3.8) is 0 Å². The first-order valence-electron chi connectivity index (χ1n) is 9.33. The second-order valence-corrected chi connectivity index (χ2v) is 6.55. The van der Waals surface area contributed by atoms with E-state index in [1.165, 1.54) is 12.1 Å². The van der Waals surface area contributed by atoms with Crippen molar-refractivity contribution < 1.29 is 13.9 Å². The van der Waals surface area contributed by atoms with Gasteiger partial charge in [0.05, 0.1) is 6.21 Å². The summed E-state index contributed by atoms with van der Waals surface area (Å²) < 4.78 is 19.1. The zero-order valence-corrected chi connectivity index (χ0v) is 16.0. The Hall–Kier alpha value is -4.06. The van der Waals surface area contributed by atoms with E-state index in [4.69, 9.17) is 4.74 Å². The van der Waals surface area contributed by atoms with Crippen LogP contribution in [0.3, 0.4) is 0 Å². The molecular formula is C24H18FN3O2. The van der Waals surface area contributed by atoms with Crippen LogP contribution in [0.15, 0.2) is 90.3 Å². The monoisotopic (exact) mass is 399 g/mol. The van der Waals surface area contributed by atoms with E-state index in [-0.39, 0.29) is 18.3 Å². The van der Waals surface area contributed by atoms with Crippen molar-refractivity contribution in [3.8, 4) is 5.75 Å². The van der Waals surface area contributed by atoms with Gasteiger partial charge in [-0.25, -0.2) is 9.82 Å². The number of halogens is 1. The Morgan fingerprint density at radius 3 is 2.57 bits per heavy atom. The third-order valence-electron chi connectivity index (χ3n) is 4.54. The lowest BCUT2D eigenvalue weighted by atomic mass is 10.0. The third-order valence-corrected chi connectivity index (χ3v) is 4.54. The molecule has 0 bridgehead atoms. The van der Waals surface area contributed by atoms with Crippen molar-refractivity contribution in [1.82, 2.24) is 10.4 Å². The summed E-state index contributed by atoms with van der Waals surface area (Å²) in [6, 6.07) is 21.0. The number of hydrogen-bond donors (Lipinski definition) is 1. The molecule has 0 aliphatic rings. The highest BCUT2D eigenvalue weighted by molar-refractivity contribution is 6.03. The van der Waals surface area contributed by atoms with E-state index < -0.39 is 0 Å². The van der Waals surface area contributed by atoms with Crippen molar-refractivity contribution >= 4 is 22.9 Å². The zero-order valence-electron chi connectivity index (χ0n) is 16.0. The van der Waals surface area contributed by atoms with Gasteiger partial charge in [0, 0.05) is 23.5 Å². The van der Waals surface area contributed by atoms with E-state index >= 15 is 0 Å². The van der Waals surface area contributed by atoms with Crippen LogP contribution in [-0.4, -0.2) is 17.1 Å². The average Bonchev–Trinajstić information content (AvgIpc) is 2.80. The molecule has 0 atom stereocenters. The lowest BCUT2D eigenvalue weighted by molar-refractivity contribution is 0.0955. The number of nitrogens with zero attached hydrogens (tertiary/aromatic N) is 2. The molecule has 1 heterocycles. The molecule has 0 unspecified atom stereocenters. The van der Waals surface area contributed by atoms with E-state index in [1.54, 1.807) is 42.9 Å². The molecule has 0 spiro atoms. The molecule has 0 fully saturated rings. The molecule has 3 aromatic carbocycles. The fourth-order valence-electron chi connectivity index (χ4n) is 3.00. The molecule has 0 saturated heterocycles. The highest BCUT2D eigenvalue weighted by atomic mass is 19.1. The minimum atomic E-state index is -0.331. The quantitative estimate of drug-likeness (QED) is 0.377. The van der Waals surface area contributed by atoms with Crippen LogP contribution in [0.2, 0.25) is 0 Å². The molecule has 0 aliphatic heterocycles. The predicted octanol–water partition coefficient (Wildman–Crippen LogP) is 4.72. The van der Waals surface area contributed by atoms with Gasteiger partial charge in [-0.1, -0.05) is 42.5 Å². The maximum absolute atomic E-state index is 13.1. The summed E-state index contributed by atoms with van der Waals surface area (Å²) in [5.74, 6) is -0.00943. The first-order chi connectivity index (χ1) is 14.7. The van der Waals surface area contributed by atoms with Crippen LogP contribution < -0.4 is 10.2 Å². The van der Waals surface area contributed by atoms with E-state index in [2.05, 4.69) is 15.5 Å². The summed E-state index contributed by atoms with van der Waals surface area (Å²) in [5.41, 5.74) is 4.58. The van der Waals surface area contributed by atoms with Crippen LogP contribution in [0, 0.1) is 5.82 Å². The van der Waals surface area contributed by atoms with E-state index in [1.807, 2.05) is 36.4 Å². The minimum absolute atomic E-state index is 0.281. The number of rotatable bonds is 6. The molecule has 148 valence electrons. The molecule has 0 saturated carbocycles. The van der Waals surface area contributed by atoms with Gasteiger partial charge in [0.2, 0.25) is 0 Å².